The van der Waals surface area contributed by atoms with E-state index < -0.39 is 17.5 Å². The topological polar surface area (TPSA) is 46.7 Å². The number of benzene rings is 1. The van der Waals surface area contributed by atoms with Gasteiger partial charge in [-0.1, -0.05) is 11.6 Å². The number of amides is 1. The minimum atomic E-state index is -1.10. The van der Waals surface area contributed by atoms with Crippen molar-refractivity contribution in [3.05, 3.63) is 58.5 Å². The summed E-state index contributed by atoms with van der Waals surface area (Å²) >= 11 is 5.85. The molecule has 0 unspecified atom stereocenters. The Balaban J connectivity index is 1.72. The second-order valence-corrected chi connectivity index (χ2v) is 6.30. The van der Waals surface area contributed by atoms with Gasteiger partial charge in [-0.2, -0.15) is 0 Å². The average molecular weight is 356 g/mol. The lowest BCUT2D eigenvalue weighted by atomic mass is 10.1. The molecule has 24 heavy (non-hydrogen) atoms. The maximum atomic E-state index is 13.4. The van der Waals surface area contributed by atoms with Gasteiger partial charge in [0.25, 0.3) is 5.91 Å². The number of hydrogen-bond donors (Lipinski definition) is 2. The van der Waals surface area contributed by atoms with Crippen molar-refractivity contribution in [1.29, 1.82) is 0 Å². The Morgan fingerprint density at radius 3 is 2.67 bits per heavy atom. The van der Waals surface area contributed by atoms with E-state index in [1.165, 1.54) is 4.90 Å². The molecule has 0 saturated carbocycles. The number of quaternary nitrogens is 1. The molecule has 1 atom stereocenters. The van der Waals surface area contributed by atoms with Crippen LogP contribution in [0.15, 0.2) is 34.9 Å². The fourth-order valence-electron chi connectivity index (χ4n) is 3.10. The molecule has 1 aliphatic heterocycles. The molecule has 1 aliphatic rings. The highest BCUT2D eigenvalue weighted by atomic mass is 35.5. The lowest BCUT2D eigenvalue weighted by Crippen LogP contribution is -3.11. The summed E-state index contributed by atoms with van der Waals surface area (Å²) in [6, 6.07) is 5.30. The summed E-state index contributed by atoms with van der Waals surface area (Å²) in [5.74, 6) is -1.92. The molecule has 1 aromatic heterocycles. The zero-order valence-electron chi connectivity index (χ0n) is 13.0. The quantitative estimate of drug-likeness (QED) is 0.809. The van der Waals surface area contributed by atoms with Crippen molar-refractivity contribution >= 4 is 17.5 Å². The van der Waals surface area contributed by atoms with Crippen molar-refractivity contribution in [2.24, 2.45) is 0 Å². The highest BCUT2D eigenvalue weighted by Crippen LogP contribution is 2.20. The monoisotopic (exact) mass is 355 g/mol. The molecule has 1 aromatic carbocycles. The van der Waals surface area contributed by atoms with Crippen molar-refractivity contribution in [3.8, 4) is 0 Å². The molecule has 2 aromatic rings. The highest BCUT2D eigenvalue weighted by Gasteiger charge is 2.30. The van der Waals surface area contributed by atoms with E-state index in [9.17, 15) is 13.6 Å². The number of halogens is 3. The van der Waals surface area contributed by atoms with Crippen LogP contribution in [-0.2, 0) is 0 Å². The summed E-state index contributed by atoms with van der Waals surface area (Å²) < 4.78 is 32.0. The molecule has 0 aliphatic carbocycles. The van der Waals surface area contributed by atoms with Gasteiger partial charge < -0.3 is 14.6 Å². The molecule has 7 heteroatoms. The summed E-state index contributed by atoms with van der Waals surface area (Å²) in [6.45, 7) is 2.34. The number of furan rings is 1. The smallest absolute Gasteiger partial charge is 0.253 e. The molecule has 1 fully saturated rings. The van der Waals surface area contributed by atoms with Crippen LogP contribution in [0.25, 0.3) is 0 Å². The van der Waals surface area contributed by atoms with Crippen LogP contribution in [0.5, 0.6) is 0 Å². The van der Waals surface area contributed by atoms with Gasteiger partial charge in [0.1, 0.15) is 0 Å². The van der Waals surface area contributed by atoms with Crippen LogP contribution in [0.1, 0.15) is 35.0 Å². The fraction of sp³-hybridized carbons (Fsp3) is 0.353. The van der Waals surface area contributed by atoms with Gasteiger partial charge in [-0.25, -0.2) is 8.78 Å². The molecule has 0 spiro atoms. The second-order valence-electron chi connectivity index (χ2n) is 5.89. The molecule has 0 bridgehead atoms. The van der Waals surface area contributed by atoms with E-state index in [1.807, 2.05) is 12.1 Å². The minimum Gasteiger partial charge on any atom is -0.463 e. The molecule has 1 amide bonds. The van der Waals surface area contributed by atoms with Gasteiger partial charge in [-0.15, -0.1) is 0 Å². The van der Waals surface area contributed by atoms with E-state index in [4.69, 9.17) is 16.0 Å². The molecule has 128 valence electrons. The Labute approximate surface area is 143 Å². The van der Waals surface area contributed by atoms with Crippen molar-refractivity contribution < 1.29 is 22.9 Å². The first-order chi connectivity index (χ1) is 11.6. The van der Waals surface area contributed by atoms with E-state index >= 15 is 0 Å². The van der Waals surface area contributed by atoms with Crippen molar-refractivity contribution in [2.45, 2.75) is 18.9 Å². The largest absolute Gasteiger partial charge is 0.463 e. The van der Waals surface area contributed by atoms with Crippen LogP contribution in [-0.4, -0.2) is 25.5 Å². The first-order valence-corrected chi connectivity index (χ1v) is 8.25. The number of rotatable bonds is 5. The van der Waals surface area contributed by atoms with Crippen LogP contribution < -0.4 is 10.2 Å². The highest BCUT2D eigenvalue weighted by molar-refractivity contribution is 6.33. The van der Waals surface area contributed by atoms with Gasteiger partial charge in [0.2, 0.25) is 0 Å². The predicted molar refractivity (Wildman–Crippen MR) is 85.1 cm³/mol. The molecule has 0 radical (unpaired) electrons. The first-order valence-electron chi connectivity index (χ1n) is 7.87. The number of hydrogen-bond acceptors (Lipinski definition) is 2. The fourth-order valence-corrected chi connectivity index (χ4v) is 3.34. The maximum Gasteiger partial charge on any atom is 0.253 e. The van der Waals surface area contributed by atoms with Crippen LogP contribution in [0, 0.1) is 11.6 Å². The normalized spacial score (nSPS) is 16.3. The third kappa shape index (κ3) is 3.60. The predicted octanol–water partition coefficient (Wildman–Crippen LogP) is 2.36. The zero-order chi connectivity index (χ0) is 17.1. The average Bonchev–Trinajstić information content (AvgIpc) is 3.25. The lowest BCUT2D eigenvalue weighted by Gasteiger charge is -2.23. The van der Waals surface area contributed by atoms with Gasteiger partial charge in [0.05, 0.1) is 36.5 Å². The zero-order valence-corrected chi connectivity index (χ0v) is 13.7. The van der Waals surface area contributed by atoms with Crippen LogP contribution >= 0.6 is 11.6 Å². The van der Waals surface area contributed by atoms with Gasteiger partial charge in [-0.05, 0) is 24.3 Å². The molecular formula is C17H18ClF2N2O2+. The summed E-state index contributed by atoms with van der Waals surface area (Å²) in [5.41, 5.74) is -0.0785. The van der Waals surface area contributed by atoms with Gasteiger partial charge in [0, 0.05) is 12.8 Å². The molecule has 4 nitrogen and oxygen atoms in total. The summed E-state index contributed by atoms with van der Waals surface area (Å²) in [7, 11) is 0. The lowest BCUT2D eigenvalue weighted by molar-refractivity contribution is -0.919. The summed E-state index contributed by atoms with van der Waals surface area (Å²) in [5, 5.41) is 2.64. The molecule has 2 N–H and O–H groups in total. The Hall–Kier alpha value is -1.92. The number of likely N-dealkylation sites (tertiary alicyclic amines) is 1. The maximum absolute atomic E-state index is 13.4. The number of carbonyl (C=O) groups excluding carboxylic acids is 1. The Morgan fingerprint density at radius 2 is 2.00 bits per heavy atom. The number of nitrogens with one attached hydrogen (secondary N) is 2. The van der Waals surface area contributed by atoms with Gasteiger partial charge in [0.15, 0.2) is 23.4 Å². The third-order valence-corrected chi connectivity index (χ3v) is 4.66. The summed E-state index contributed by atoms with van der Waals surface area (Å²) in [6.07, 6.45) is 3.87. The van der Waals surface area contributed by atoms with Gasteiger partial charge >= 0.3 is 0 Å². The van der Waals surface area contributed by atoms with Crippen molar-refractivity contribution in [3.63, 3.8) is 0 Å². The Kier molecular flexibility index (Phi) is 5.16. The Morgan fingerprint density at radius 1 is 1.29 bits per heavy atom. The molecule has 1 saturated heterocycles. The van der Waals surface area contributed by atoms with Crippen LogP contribution in [0.3, 0.4) is 0 Å². The second kappa shape index (κ2) is 7.32. The van der Waals surface area contributed by atoms with Crippen molar-refractivity contribution in [2.75, 3.05) is 19.6 Å². The summed E-state index contributed by atoms with van der Waals surface area (Å²) in [4.78, 5) is 13.6. The van der Waals surface area contributed by atoms with E-state index in [0.29, 0.717) is 6.54 Å². The first kappa shape index (κ1) is 16.9. The standard InChI is InChI=1S/C17H17ClF2N2O2/c18-12-9-14(20)13(19)8-11(12)17(23)21-10-15(16-4-3-7-24-16)22-5-1-2-6-22/h3-4,7-9,15H,1-2,5-6,10H2,(H,21,23)/p+1/t15-/m0/s1. The molecular weight excluding hydrogens is 338 g/mol. The Bertz CT molecular complexity index is 716. The van der Waals surface area contributed by atoms with E-state index in [0.717, 1.165) is 43.8 Å². The number of carbonyl (C=O) groups is 1. The van der Waals surface area contributed by atoms with E-state index in [-0.39, 0.29) is 16.6 Å². The minimum absolute atomic E-state index is 0.0180. The third-order valence-electron chi connectivity index (χ3n) is 4.35. The van der Waals surface area contributed by atoms with E-state index in [1.54, 1.807) is 6.26 Å². The van der Waals surface area contributed by atoms with Crippen LogP contribution in [0.2, 0.25) is 5.02 Å². The SMILES string of the molecule is O=C(NC[C@@H](c1ccco1)[NH+]1CCCC1)c1cc(F)c(F)cc1Cl. The molecule has 2 heterocycles. The van der Waals surface area contributed by atoms with E-state index in [2.05, 4.69) is 5.32 Å². The van der Waals surface area contributed by atoms with Gasteiger partial charge in [-0.3, -0.25) is 4.79 Å². The molecule has 3 rings (SSSR count). The van der Waals surface area contributed by atoms with Crippen molar-refractivity contribution in [1.82, 2.24) is 5.32 Å². The van der Waals surface area contributed by atoms with Crippen LogP contribution in [0.4, 0.5) is 8.78 Å².